The van der Waals surface area contributed by atoms with E-state index in [0.29, 0.717) is 18.7 Å². The van der Waals surface area contributed by atoms with Gasteiger partial charge in [-0.3, -0.25) is 4.79 Å². The lowest BCUT2D eigenvalue weighted by Crippen LogP contribution is -2.48. The second-order valence-electron chi connectivity index (χ2n) is 5.44. The summed E-state index contributed by atoms with van der Waals surface area (Å²) in [5, 5.41) is 2.93. The van der Waals surface area contributed by atoms with Crippen LogP contribution >= 0.6 is 0 Å². The lowest BCUT2D eigenvalue weighted by atomic mass is 10.2. The average molecular weight is 314 g/mol. The normalized spacial score (nSPS) is 14.7. The molecule has 23 heavy (non-hydrogen) atoms. The van der Waals surface area contributed by atoms with Crippen LogP contribution in [-0.2, 0) is 0 Å². The summed E-state index contributed by atoms with van der Waals surface area (Å²) in [6.07, 6.45) is 1.60. The van der Waals surface area contributed by atoms with Crippen LogP contribution in [0.1, 0.15) is 10.4 Å². The fourth-order valence-corrected chi connectivity index (χ4v) is 2.67. The van der Waals surface area contributed by atoms with Crippen molar-refractivity contribution in [2.75, 3.05) is 43.4 Å². The number of amides is 1. The van der Waals surface area contributed by atoms with E-state index in [1.807, 2.05) is 4.90 Å². The third-order valence-corrected chi connectivity index (χ3v) is 4.03. The summed E-state index contributed by atoms with van der Waals surface area (Å²) in [4.78, 5) is 20.7. The highest BCUT2D eigenvalue weighted by atomic mass is 19.1. The summed E-state index contributed by atoms with van der Waals surface area (Å²) in [6.45, 7) is 2.76. The van der Waals surface area contributed by atoms with Crippen molar-refractivity contribution in [3.63, 3.8) is 0 Å². The zero-order valence-electron chi connectivity index (χ0n) is 13.0. The Morgan fingerprint density at radius 1 is 1.09 bits per heavy atom. The third kappa shape index (κ3) is 3.41. The highest BCUT2D eigenvalue weighted by Crippen LogP contribution is 2.18. The van der Waals surface area contributed by atoms with E-state index in [-0.39, 0.29) is 11.7 Å². The van der Waals surface area contributed by atoms with E-state index < -0.39 is 0 Å². The Balaban J connectivity index is 1.61. The van der Waals surface area contributed by atoms with Crippen LogP contribution in [0.5, 0.6) is 0 Å². The zero-order chi connectivity index (χ0) is 16.2. The Morgan fingerprint density at radius 2 is 1.78 bits per heavy atom. The number of hydrogen-bond acceptors (Lipinski definition) is 4. The highest BCUT2D eigenvalue weighted by molar-refractivity contribution is 5.94. The van der Waals surface area contributed by atoms with Crippen LogP contribution in [-0.4, -0.2) is 49.0 Å². The maximum Gasteiger partial charge on any atom is 0.255 e. The molecule has 6 heteroatoms. The van der Waals surface area contributed by atoms with Crippen molar-refractivity contribution in [1.82, 2.24) is 9.88 Å². The maximum absolute atomic E-state index is 13.0. The van der Waals surface area contributed by atoms with Crippen molar-refractivity contribution < 1.29 is 9.18 Å². The van der Waals surface area contributed by atoms with Gasteiger partial charge in [-0.2, -0.15) is 0 Å². The number of halogens is 1. The van der Waals surface area contributed by atoms with Crippen LogP contribution < -0.4 is 10.2 Å². The van der Waals surface area contributed by atoms with Gasteiger partial charge in [0, 0.05) is 45.1 Å². The molecule has 2 aromatic rings. The molecule has 1 aromatic carbocycles. The summed E-state index contributed by atoms with van der Waals surface area (Å²) in [5.41, 5.74) is 1.58. The molecule has 1 saturated heterocycles. The Hall–Kier alpha value is -2.63. The molecule has 0 aliphatic carbocycles. The first kappa shape index (κ1) is 15.3. The molecule has 2 heterocycles. The SMILES string of the molecule is CNc1ccc(C(=O)N2CCN(c3ccc(F)cc3)CC2)cn1. The standard InChI is InChI=1S/C17H19FN4O/c1-19-16-7-2-13(12-20-16)17(23)22-10-8-21(9-11-22)15-5-3-14(18)4-6-15/h2-7,12H,8-11H2,1H3,(H,19,20). The van der Waals surface area contributed by atoms with Crippen LogP contribution in [0.25, 0.3) is 0 Å². The minimum atomic E-state index is -0.236. The van der Waals surface area contributed by atoms with Gasteiger partial charge in [0.05, 0.1) is 5.56 Å². The monoisotopic (exact) mass is 314 g/mol. The van der Waals surface area contributed by atoms with Crippen molar-refractivity contribution in [3.05, 3.63) is 54.0 Å². The van der Waals surface area contributed by atoms with Crippen LogP contribution in [0.3, 0.4) is 0 Å². The molecule has 1 aromatic heterocycles. The average Bonchev–Trinajstić information content (AvgIpc) is 2.62. The summed E-state index contributed by atoms with van der Waals surface area (Å²) in [6, 6.07) is 10.0. The van der Waals surface area contributed by atoms with E-state index >= 15 is 0 Å². The van der Waals surface area contributed by atoms with Crippen LogP contribution in [0.2, 0.25) is 0 Å². The largest absolute Gasteiger partial charge is 0.373 e. The lowest BCUT2D eigenvalue weighted by molar-refractivity contribution is 0.0746. The number of nitrogens with zero attached hydrogens (tertiary/aromatic N) is 3. The van der Waals surface area contributed by atoms with Crippen molar-refractivity contribution in [2.24, 2.45) is 0 Å². The molecule has 0 bridgehead atoms. The second kappa shape index (κ2) is 6.64. The van der Waals surface area contributed by atoms with Crippen molar-refractivity contribution in [2.45, 2.75) is 0 Å². The van der Waals surface area contributed by atoms with E-state index in [2.05, 4.69) is 15.2 Å². The number of nitrogens with one attached hydrogen (secondary N) is 1. The lowest BCUT2D eigenvalue weighted by Gasteiger charge is -2.36. The molecule has 1 fully saturated rings. The first-order valence-corrected chi connectivity index (χ1v) is 7.61. The van der Waals surface area contributed by atoms with Crippen molar-refractivity contribution >= 4 is 17.4 Å². The topological polar surface area (TPSA) is 48.5 Å². The Morgan fingerprint density at radius 3 is 2.35 bits per heavy atom. The van der Waals surface area contributed by atoms with Crippen LogP contribution in [0.15, 0.2) is 42.6 Å². The zero-order valence-corrected chi connectivity index (χ0v) is 13.0. The number of aromatic nitrogens is 1. The summed E-state index contributed by atoms with van der Waals surface area (Å²) >= 11 is 0. The number of piperazine rings is 1. The summed E-state index contributed by atoms with van der Waals surface area (Å²) in [7, 11) is 1.79. The third-order valence-electron chi connectivity index (χ3n) is 4.03. The molecule has 1 N–H and O–H groups in total. The predicted octanol–water partition coefficient (Wildman–Crippen LogP) is 2.22. The van der Waals surface area contributed by atoms with Gasteiger partial charge in [0.2, 0.25) is 0 Å². The van der Waals surface area contributed by atoms with Gasteiger partial charge in [-0.1, -0.05) is 0 Å². The summed E-state index contributed by atoms with van der Waals surface area (Å²) in [5.74, 6) is 0.502. The van der Waals surface area contributed by atoms with E-state index in [4.69, 9.17) is 0 Å². The molecule has 3 rings (SSSR count). The van der Waals surface area contributed by atoms with Gasteiger partial charge in [0.15, 0.2) is 0 Å². The first-order valence-electron chi connectivity index (χ1n) is 7.61. The fraction of sp³-hybridized carbons (Fsp3) is 0.294. The van der Waals surface area contributed by atoms with Gasteiger partial charge < -0.3 is 15.1 Å². The number of carbonyl (C=O) groups excluding carboxylic acids is 1. The van der Waals surface area contributed by atoms with Gasteiger partial charge in [0.25, 0.3) is 5.91 Å². The number of hydrogen-bond donors (Lipinski definition) is 1. The van der Waals surface area contributed by atoms with Crippen molar-refractivity contribution in [1.29, 1.82) is 0 Å². The first-order chi connectivity index (χ1) is 11.2. The van der Waals surface area contributed by atoms with Gasteiger partial charge in [-0.15, -0.1) is 0 Å². The van der Waals surface area contributed by atoms with E-state index in [0.717, 1.165) is 24.6 Å². The predicted molar refractivity (Wildman–Crippen MR) is 88.3 cm³/mol. The molecular weight excluding hydrogens is 295 g/mol. The molecule has 0 saturated carbocycles. The van der Waals surface area contributed by atoms with E-state index in [1.54, 1.807) is 37.5 Å². The fourth-order valence-electron chi connectivity index (χ4n) is 2.67. The number of carbonyl (C=O) groups is 1. The summed E-state index contributed by atoms with van der Waals surface area (Å²) < 4.78 is 13.0. The quantitative estimate of drug-likeness (QED) is 0.944. The molecule has 1 aliphatic rings. The molecule has 1 aliphatic heterocycles. The highest BCUT2D eigenvalue weighted by Gasteiger charge is 2.22. The number of rotatable bonds is 3. The smallest absolute Gasteiger partial charge is 0.255 e. The maximum atomic E-state index is 13.0. The van der Waals surface area contributed by atoms with Gasteiger partial charge in [-0.25, -0.2) is 9.37 Å². The van der Waals surface area contributed by atoms with Crippen LogP contribution in [0, 0.1) is 5.82 Å². The number of anilines is 2. The molecule has 0 spiro atoms. The second-order valence-corrected chi connectivity index (χ2v) is 5.44. The molecular formula is C17H19FN4O. The van der Waals surface area contributed by atoms with Gasteiger partial charge >= 0.3 is 0 Å². The Labute approximate surface area is 134 Å². The minimum Gasteiger partial charge on any atom is -0.373 e. The minimum absolute atomic E-state index is 0.00101. The van der Waals surface area contributed by atoms with Crippen LogP contribution in [0.4, 0.5) is 15.9 Å². The molecule has 1 amide bonds. The molecule has 120 valence electrons. The molecule has 0 unspecified atom stereocenters. The molecule has 0 radical (unpaired) electrons. The molecule has 5 nitrogen and oxygen atoms in total. The number of pyridine rings is 1. The van der Waals surface area contributed by atoms with Crippen molar-refractivity contribution in [3.8, 4) is 0 Å². The Kier molecular flexibility index (Phi) is 4.41. The Bertz CT molecular complexity index is 664. The van der Waals surface area contributed by atoms with Gasteiger partial charge in [0.1, 0.15) is 11.6 Å². The van der Waals surface area contributed by atoms with E-state index in [1.165, 1.54) is 12.1 Å². The number of benzene rings is 1. The molecule has 0 atom stereocenters. The van der Waals surface area contributed by atoms with E-state index in [9.17, 15) is 9.18 Å². The van der Waals surface area contributed by atoms with Gasteiger partial charge in [-0.05, 0) is 36.4 Å².